The molecule has 1 heterocycles. The first-order valence-electron chi connectivity index (χ1n) is 10.8. The summed E-state index contributed by atoms with van der Waals surface area (Å²) in [6.07, 6.45) is 0.578. The second kappa shape index (κ2) is 10.3. The Morgan fingerprint density at radius 1 is 1.00 bits per heavy atom. The summed E-state index contributed by atoms with van der Waals surface area (Å²) in [5, 5.41) is 2.84. The van der Waals surface area contributed by atoms with Crippen molar-refractivity contribution in [2.75, 3.05) is 19.6 Å². The van der Waals surface area contributed by atoms with Gasteiger partial charge in [-0.2, -0.15) is 0 Å². The van der Waals surface area contributed by atoms with E-state index in [-0.39, 0.29) is 5.91 Å². The Balaban J connectivity index is 1.57. The molecule has 1 N–H and O–H groups in total. The van der Waals surface area contributed by atoms with Crippen molar-refractivity contribution < 1.29 is 19.1 Å². The lowest BCUT2D eigenvalue weighted by atomic mass is 9.96. The number of piperidine rings is 1. The van der Waals surface area contributed by atoms with Crippen LogP contribution in [0.15, 0.2) is 60.7 Å². The van der Waals surface area contributed by atoms with Crippen molar-refractivity contribution in [3.8, 4) is 5.75 Å². The van der Waals surface area contributed by atoms with Crippen molar-refractivity contribution in [3.05, 3.63) is 66.2 Å². The fraction of sp³-hybridized carbons (Fsp3) is 0.440. The average molecular weight is 425 g/mol. The van der Waals surface area contributed by atoms with Gasteiger partial charge < -0.3 is 19.7 Å². The summed E-state index contributed by atoms with van der Waals surface area (Å²) in [6, 6.07) is 19.0. The van der Waals surface area contributed by atoms with E-state index in [1.807, 2.05) is 86.3 Å². The summed E-state index contributed by atoms with van der Waals surface area (Å²) in [5.74, 6) is 0.955. The Morgan fingerprint density at radius 3 is 2.16 bits per heavy atom. The number of benzene rings is 2. The van der Waals surface area contributed by atoms with Crippen molar-refractivity contribution in [2.24, 2.45) is 5.92 Å². The first kappa shape index (κ1) is 22.7. The Hall–Kier alpha value is -3.02. The number of carbonyl (C=O) groups is 2. The molecule has 166 valence electrons. The van der Waals surface area contributed by atoms with Gasteiger partial charge in [0.05, 0.1) is 0 Å². The maximum absolute atomic E-state index is 13.3. The topological polar surface area (TPSA) is 67.9 Å². The highest BCUT2D eigenvalue weighted by Crippen LogP contribution is 2.26. The van der Waals surface area contributed by atoms with Gasteiger partial charge in [0.25, 0.3) is 5.91 Å². The minimum Gasteiger partial charge on any atom is -0.476 e. The van der Waals surface area contributed by atoms with Crippen LogP contribution in [0.25, 0.3) is 0 Å². The molecule has 0 spiro atoms. The van der Waals surface area contributed by atoms with Crippen molar-refractivity contribution in [3.63, 3.8) is 0 Å². The third-order valence-corrected chi connectivity index (χ3v) is 5.18. The number of nitrogens with zero attached hydrogens (tertiary/aromatic N) is 1. The Labute approximate surface area is 184 Å². The molecule has 0 saturated carbocycles. The van der Waals surface area contributed by atoms with Gasteiger partial charge in [0.15, 0.2) is 0 Å². The number of nitrogens with one attached hydrogen (secondary N) is 1. The zero-order valence-electron chi connectivity index (χ0n) is 18.5. The van der Waals surface area contributed by atoms with Crippen LogP contribution in [0, 0.1) is 5.92 Å². The lowest BCUT2D eigenvalue weighted by Gasteiger charge is -2.34. The number of hydrogen-bond donors (Lipinski definition) is 1. The highest BCUT2D eigenvalue weighted by Gasteiger charge is 2.31. The molecule has 1 saturated heterocycles. The molecule has 2 amide bonds. The van der Waals surface area contributed by atoms with Gasteiger partial charge in [-0.3, -0.25) is 4.79 Å². The normalized spacial score (nSPS) is 15.8. The molecule has 2 aromatic rings. The van der Waals surface area contributed by atoms with Gasteiger partial charge in [0.1, 0.15) is 11.4 Å². The van der Waals surface area contributed by atoms with E-state index in [0.717, 1.165) is 18.4 Å². The van der Waals surface area contributed by atoms with Gasteiger partial charge in [-0.1, -0.05) is 48.5 Å². The minimum atomic E-state index is -0.681. The van der Waals surface area contributed by atoms with E-state index < -0.39 is 17.8 Å². The molecule has 31 heavy (non-hydrogen) atoms. The van der Waals surface area contributed by atoms with Crippen LogP contribution in [0.2, 0.25) is 0 Å². The second-order valence-electron chi connectivity index (χ2n) is 8.87. The van der Waals surface area contributed by atoms with E-state index in [9.17, 15) is 9.59 Å². The van der Waals surface area contributed by atoms with Crippen LogP contribution >= 0.6 is 0 Å². The molecule has 2 aromatic carbocycles. The fourth-order valence-corrected chi connectivity index (χ4v) is 3.59. The highest BCUT2D eigenvalue weighted by atomic mass is 16.6. The molecule has 0 aliphatic carbocycles. The van der Waals surface area contributed by atoms with Crippen LogP contribution in [-0.4, -0.2) is 42.1 Å². The van der Waals surface area contributed by atoms with E-state index in [0.29, 0.717) is 31.3 Å². The van der Waals surface area contributed by atoms with Crippen LogP contribution in [0.4, 0.5) is 4.79 Å². The number of carbonyl (C=O) groups excluding carboxylic acids is 2. The number of hydrogen-bond acceptors (Lipinski definition) is 4. The summed E-state index contributed by atoms with van der Waals surface area (Å²) in [6.45, 7) is 7.37. The van der Waals surface area contributed by atoms with Gasteiger partial charge in [0, 0.05) is 25.2 Å². The number of ether oxygens (including phenoxy) is 2. The molecule has 1 aliphatic heterocycles. The van der Waals surface area contributed by atoms with Crippen LogP contribution in [0.1, 0.15) is 45.3 Å². The van der Waals surface area contributed by atoms with Gasteiger partial charge in [0.2, 0.25) is 6.10 Å². The van der Waals surface area contributed by atoms with Gasteiger partial charge in [-0.05, 0) is 51.7 Å². The Morgan fingerprint density at radius 2 is 1.58 bits per heavy atom. The first-order chi connectivity index (χ1) is 14.8. The SMILES string of the molecule is CC(C)(C)OC(=O)NCC1CCN(C(=O)C(Oc2ccccc2)c2ccccc2)CC1. The molecule has 1 fully saturated rings. The van der Waals surface area contributed by atoms with Crippen LogP contribution in [-0.2, 0) is 9.53 Å². The quantitative estimate of drug-likeness (QED) is 0.738. The summed E-state index contributed by atoms with van der Waals surface area (Å²) in [7, 11) is 0. The maximum atomic E-state index is 13.3. The molecule has 6 nitrogen and oxygen atoms in total. The van der Waals surface area contributed by atoms with Crippen LogP contribution < -0.4 is 10.1 Å². The van der Waals surface area contributed by atoms with E-state index in [4.69, 9.17) is 9.47 Å². The molecule has 3 rings (SSSR count). The van der Waals surface area contributed by atoms with E-state index in [2.05, 4.69) is 5.32 Å². The standard InChI is InChI=1S/C25H32N2O4/c1-25(2,3)31-24(29)26-18-19-14-16-27(17-15-19)23(28)22(20-10-6-4-7-11-20)30-21-12-8-5-9-13-21/h4-13,19,22H,14-18H2,1-3H3,(H,26,29). The number of likely N-dealkylation sites (tertiary alicyclic amines) is 1. The predicted octanol–water partition coefficient (Wildman–Crippen LogP) is 4.57. The summed E-state index contributed by atoms with van der Waals surface area (Å²) in [4.78, 5) is 27.1. The third-order valence-electron chi connectivity index (χ3n) is 5.18. The van der Waals surface area contributed by atoms with Gasteiger partial charge in [-0.25, -0.2) is 4.79 Å². The first-order valence-corrected chi connectivity index (χ1v) is 10.8. The Kier molecular flexibility index (Phi) is 7.55. The molecule has 1 aliphatic rings. The lowest BCUT2D eigenvalue weighted by Crippen LogP contribution is -2.44. The molecule has 1 unspecified atom stereocenters. The number of alkyl carbamates (subject to hydrolysis) is 1. The number of amides is 2. The predicted molar refractivity (Wildman–Crippen MR) is 120 cm³/mol. The van der Waals surface area contributed by atoms with Crippen molar-refractivity contribution in [2.45, 2.75) is 45.3 Å². The summed E-state index contributed by atoms with van der Waals surface area (Å²) < 4.78 is 11.4. The average Bonchev–Trinajstić information content (AvgIpc) is 2.76. The lowest BCUT2D eigenvalue weighted by molar-refractivity contribution is -0.140. The van der Waals surface area contributed by atoms with Crippen LogP contribution in [0.3, 0.4) is 0 Å². The fourth-order valence-electron chi connectivity index (χ4n) is 3.59. The minimum absolute atomic E-state index is 0.0337. The van der Waals surface area contributed by atoms with Crippen LogP contribution in [0.5, 0.6) is 5.75 Å². The van der Waals surface area contributed by atoms with Crippen molar-refractivity contribution in [1.82, 2.24) is 10.2 Å². The molecule has 0 aromatic heterocycles. The largest absolute Gasteiger partial charge is 0.476 e. The maximum Gasteiger partial charge on any atom is 0.407 e. The molecule has 6 heteroatoms. The zero-order valence-corrected chi connectivity index (χ0v) is 18.5. The monoisotopic (exact) mass is 424 g/mol. The smallest absolute Gasteiger partial charge is 0.407 e. The molecule has 0 bridgehead atoms. The molecule has 1 atom stereocenters. The molecular formula is C25H32N2O4. The second-order valence-corrected chi connectivity index (χ2v) is 8.87. The van der Waals surface area contributed by atoms with E-state index in [1.165, 1.54) is 0 Å². The van der Waals surface area contributed by atoms with Gasteiger partial charge in [-0.15, -0.1) is 0 Å². The highest BCUT2D eigenvalue weighted by molar-refractivity contribution is 5.82. The van der Waals surface area contributed by atoms with E-state index >= 15 is 0 Å². The third kappa shape index (κ3) is 7.02. The van der Waals surface area contributed by atoms with Crippen molar-refractivity contribution >= 4 is 12.0 Å². The summed E-state index contributed by atoms with van der Waals surface area (Å²) in [5.41, 5.74) is 0.329. The Bertz CT molecular complexity index is 841. The number of rotatable bonds is 6. The zero-order chi connectivity index (χ0) is 22.3. The molecular weight excluding hydrogens is 392 g/mol. The van der Waals surface area contributed by atoms with Gasteiger partial charge >= 0.3 is 6.09 Å². The van der Waals surface area contributed by atoms with E-state index in [1.54, 1.807) is 0 Å². The summed E-state index contributed by atoms with van der Waals surface area (Å²) >= 11 is 0. The van der Waals surface area contributed by atoms with Crippen molar-refractivity contribution in [1.29, 1.82) is 0 Å². The molecule has 0 radical (unpaired) electrons. The number of para-hydroxylation sites is 1.